The third-order valence-electron chi connectivity index (χ3n) is 2.55. The van der Waals surface area contributed by atoms with Gasteiger partial charge < -0.3 is 5.73 Å². The molecule has 1 fully saturated rings. The Morgan fingerprint density at radius 1 is 1.43 bits per heavy atom. The van der Waals surface area contributed by atoms with E-state index in [1.54, 1.807) is 0 Å². The van der Waals surface area contributed by atoms with Crippen molar-refractivity contribution in [3.63, 3.8) is 0 Å². The van der Waals surface area contributed by atoms with Gasteiger partial charge in [0.05, 0.1) is 0 Å². The average molecular weight is 191 g/mol. The SMILES string of the molecule is CCCCc1cc(N)nc(C2CC2)n1. The monoisotopic (exact) mass is 191 g/mol. The Bertz CT molecular complexity index is 318. The molecule has 14 heavy (non-hydrogen) atoms. The third kappa shape index (κ3) is 2.22. The second-order valence-corrected chi connectivity index (χ2v) is 4.02. The highest BCUT2D eigenvalue weighted by molar-refractivity contribution is 5.31. The molecule has 0 bridgehead atoms. The Morgan fingerprint density at radius 3 is 2.86 bits per heavy atom. The van der Waals surface area contributed by atoms with Gasteiger partial charge in [-0.25, -0.2) is 9.97 Å². The van der Waals surface area contributed by atoms with Crippen molar-refractivity contribution in [2.75, 3.05) is 5.73 Å². The van der Waals surface area contributed by atoms with Crippen LogP contribution in [-0.2, 0) is 6.42 Å². The summed E-state index contributed by atoms with van der Waals surface area (Å²) in [6.45, 7) is 2.19. The molecule has 0 unspecified atom stereocenters. The maximum Gasteiger partial charge on any atom is 0.134 e. The molecule has 1 aromatic heterocycles. The molecule has 0 saturated heterocycles. The molecule has 0 spiro atoms. The zero-order valence-corrected chi connectivity index (χ0v) is 8.66. The van der Waals surface area contributed by atoms with Crippen molar-refractivity contribution in [1.29, 1.82) is 0 Å². The van der Waals surface area contributed by atoms with Gasteiger partial charge in [-0.15, -0.1) is 0 Å². The van der Waals surface area contributed by atoms with Crippen LogP contribution in [0, 0.1) is 0 Å². The predicted octanol–water partition coefficient (Wildman–Crippen LogP) is 2.28. The second-order valence-electron chi connectivity index (χ2n) is 4.02. The highest BCUT2D eigenvalue weighted by Crippen LogP contribution is 2.38. The molecule has 1 aliphatic carbocycles. The summed E-state index contributed by atoms with van der Waals surface area (Å²) in [4.78, 5) is 8.81. The molecular formula is C11H17N3. The first-order valence-electron chi connectivity index (χ1n) is 5.43. The maximum atomic E-state index is 5.75. The largest absolute Gasteiger partial charge is 0.384 e. The van der Waals surface area contributed by atoms with Crippen molar-refractivity contribution in [2.24, 2.45) is 0 Å². The standard InChI is InChI=1S/C11H17N3/c1-2-3-4-9-7-10(12)14-11(13-9)8-5-6-8/h7-8H,2-6H2,1H3,(H2,12,13,14). The lowest BCUT2D eigenvalue weighted by Crippen LogP contribution is -2.02. The van der Waals surface area contributed by atoms with Gasteiger partial charge in [0, 0.05) is 17.7 Å². The van der Waals surface area contributed by atoms with Gasteiger partial charge in [0.15, 0.2) is 0 Å². The molecule has 1 aliphatic rings. The number of nitrogens with two attached hydrogens (primary N) is 1. The normalized spacial score (nSPS) is 15.8. The summed E-state index contributed by atoms with van der Waals surface area (Å²) in [6.07, 6.45) is 5.87. The zero-order chi connectivity index (χ0) is 9.97. The highest BCUT2D eigenvalue weighted by Gasteiger charge is 2.26. The van der Waals surface area contributed by atoms with Gasteiger partial charge in [0.1, 0.15) is 11.6 Å². The van der Waals surface area contributed by atoms with Gasteiger partial charge in [-0.2, -0.15) is 0 Å². The van der Waals surface area contributed by atoms with E-state index in [-0.39, 0.29) is 0 Å². The van der Waals surface area contributed by atoms with Crippen LogP contribution in [0.1, 0.15) is 50.0 Å². The molecule has 76 valence electrons. The molecule has 0 radical (unpaired) electrons. The number of hydrogen-bond donors (Lipinski definition) is 1. The molecular weight excluding hydrogens is 174 g/mol. The number of aryl methyl sites for hydroxylation is 1. The molecule has 2 N–H and O–H groups in total. The van der Waals surface area contributed by atoms with Crippen LogP contribution in [0.2, 0.25) is 0 Å². The van der Waals surface area contributed by atoms with E-state index >= 15 is 0 Å². The lowest BCUT2D eigenvalue weighted by molar-refractivity contribution is 0.761. The first-order valence-corrected chi connectivity index (χ1v) is 5.43. The van der Waals surface area contributed by atoms with Crippen LogP contribution in [-0.4, -0.2) is 9.97 Å². The Kier molecular flexibility index (Phi) is 2.66. The number of rotatable bonds is 4. The van der Waals surface area contributed by atoms with Crippen LogP contribution in [0.15, 0.2) is 6.07 Å². The summed E-state index contributed by atoms with van der Waals surface area (Å²) in [6, 6.07) is 1.90. The fraction of sp³-hybridized carbons (Fsp3) is 0.636. The van der Waals surface area contributed by atoms with E-state index in [4.69, 9.17) is 5.73 Å². The van der Waals surface area contributed by atoms with E-state index < -0.39 is 0 Å². The van der Waals surface area contributed by atoms with Crippen molar-refractivity contribution in [2.45, 2.75) is 44.9 Å². The van der Waals surface area contributed by atoms with E-state index in [1.807, 2.05) is 6.07 Å². The number of hydrogen-bond acceptors (Lipinski definition) is 3. The van der Waals surface area contributed by atoms with Gasteiger partial charge in [0.25, 0.3) is 0 Å². The van der Waals surface area contributed by atoms with Crippen molar-refractivity contribution in [3.05, 3.63) is 17.6 Å². The zero-order valence-electron chi connectivity index (χ0n) is 8.66. The summed E-state index contributed by atoms with van der Waals surface area (Å²) in [5.74, 6) is 2.20. The molecule has 2 rings (SSSR count). The van der Waals surface area contributed by atoms with Gasteiger partial charge >= 0.3 is 0 Å². The van der Waals surface area contributed by atoms with E-state index in [1.165, 1.54) is 25.7 Å². The lowest BCUT2D eigenvalue weighted by atomic mass is 10.2. The van der Waals surface area contributed by atoms with Gasteiger partial charge in [0.2, 0.25) is 0 Å². The van der Waals surface area contributed by atoms with Crippen LogP contribution in [0.3, 0.4) is 0 Å². The third-order valence-corrected chi connectivity index (χ3v) is 2.55. The Morgan fingerprint density at radius 2 is 2.21 bits per heavy atom. The summed E-state index contributed by atoms with van der Waals surface area (Å²) in [5.41, 5.74) is 6.86. The molecule has 3 heteroatoms. The Hall–Kier alpha value is -1.12. The molecule has 0 aliphatic heterocycles. The number of unbranched alkanes of at least 4 members (excludes halogenated alkanes) is 1. The Balaban J connectivity index is 2.13. The minimum absolute atomic E-state index is 0.596. The van der Waals surface area contributed by atoms with E-state index in [9.17, 15) is 0 Å². The molecule has 0 amide bonds. The predicted molar refractivity (Wildman–Crippen MR) is 57.0 cm³/mol. The Labute approximate surface area is 84.8 Å². The lowest BCUT2D eigenvalue weighted by Gasteiger charge is -2.03. The van der Waals surface area contributed by atoms with Crippen molar-refractivity contribution >= 4 is 5.82 Å². The summed E-state index contributed by atoms with van der Waals surface area (Å²) in [5, 5.41) is 0. The van der Waals surface area contributed by atoms with Crippen molar-refractivity contribution in [1.82, 2.24) is 9.97 Å². The topological polar surface area (TPSA) is 51.8 Å². The quantitative estimate of drug-likeness (QED) is 0.794. The van der Waals surface area contributed by atoms with Crippen LogP contribution in [0.4, 0.5) is 5.82 Å². The van der Waals surface area contributed by atoms with Crippen molar-refractivity contribution < 1.29 is 0 Å². The van der Waals surface area contributed by atoms with E-state index in [2.05, 4.69) is 16.9 Å². The first kappa shape index (κ1) is 9.44. The highest BCUT2D eigenvalue weighted by atomic mass is 15.0. The smallest absolute Gasteiger partial charge is 0.134 e. The molecule has 0 aromatic carbocycles. The van der Waals surface area contributed by atoms with Gasteiger partial charge in [-0.1, -0.05) is 13.3 Å². The summed E-state index contributed by atoms with van der Waals surface area (Å²) >= 11 is 0. The summed E-state index contributed by atoms with van der Waals surface area (Å²) < 4.78 is 0. The van der Waals surface area contributed by atoms with Crippen LogP contribution >= 0.6 is 0 Å². The molecule has 3 nitrogen and oxygen atoms in total. The van der Waals surface area contributed by atoms with Crippen molar-refractivity contribution in [3.8, 4) is 0 Å². The van der Waals surface area contributed by atoms with Crippen LogP contribution in [0.5, 0.6) is 0 Å². The van der Waals surface area contributed by atoms with Crippen LogP contribution in [0.25, 0.3) is 0 Å². The average Bonchev–Trinajstić information content (AvgIpc) is 2.97. The van der Waals surface area contributed by atoms with Crippen LogP contribution < -0.4 is 5.73 Å². The van der Waals surface area contributed by atoms with E-state index in [0.29, 0.717) is 11.7 Å². The first-order chi connectivity index (χ1) is 6.79. The summed E-state index contributed by atoms with van der Waals surface area (Å²) in [7, 11) is 0. The minimum Gasteiger partial charge on any atom is -0.384 e. The molecule has 1 aromatic rings. The van der Waals surface area contributed by atoms with Gasteiger partial charge in [-0.05, 0) is 25.7 Å². The second kappa shape index (κ2) is 3.95. The molecule has 0 atom stereocenters. The fourth-order valence-electron chi connectivity index (χ4n) is 1.55. The molecule has 1 heterocycles. The van der Waals surface area contributed by atoms with Gasteiger partial charge in [-0.3, -0.25) is 0 Å². The maximum absolute atomic E-state index is 5.75. The minimum atomic E-state index is 0.596. The number of anilines is 1. The number of nitrogens with zero attached hydrogens (tertiary/aromatic N) is 2. The number of aromatic nitrogens is 2. The molecule has 1 saturated carbocycles. The van der Waals surface area contributed by atoms with E-state index in [0.717, 1.165) is 17.9 Å². The number of nitrogen functional groups attached to an aromatic ring is 1. The fourth-order valence-corrected chi connectivity index (χ4v) is 1.55.